The fourth-order valence-electron chi connectivity index (χ4n) is 1.82. The van der Waals surface area contributed by atoms with Crippen molar-refractivity contribution in [2.45, 2.75) is 5.92 Å². The van der Waals surface area contributed by atoms with E-state index in [0.29, 0.717) is 5.56 Å². The zero-order valence-corrected chi connectivity index (χ0v) is 12.5. The second-order valence-corrected chi connectivity index (χ2v) is 5.38. The lowest BCUT2D eigenvalue weighted by Gasteiger charge is -2.10. The van der Waals surface area contributed by atoms with Gasteiger partial charge in [0.1, 0.15) is 11.7 Å². The van der Waals surface area contributed by atoms with Crippen LogP contribution in [0, 0.1) is 17.1 Å². The molecule has 0 fully saturated rings. The summed E-state index contributed by atoms with van der Waals surface area (Å²) in [5, 5.41) is 8.98. The second-order valence-electron chi connectivity index (χ2n) is 4.08. The minimum atomic E-state index is -1.02. The van der Waals surface area contributed by atoms with Crippen LogP contribution in [0.4, 0.5) is 4.39 Å². The highest BCUT2D eigenvalue weighted by molar-refractivity contribution is 9.10. The maximum Gasteiger partial charge on any atom is 0.186 e. The molecule has 2 aromatic rings. The number of Topliss-reactive ketones (excluding diaryl/α,β-unsaturated/α-hetero) is 1. The van der Waals surface area contributed by atoms with E-state index in [2.05, 4.69) is 15.9 Å². The quantitative estimate of drug-likeness (QED) is 0.749. The van der Waals surface area contributed by atoms with Gasteiger partial charge in [-0.3, -0.25) is 4.79 Å². The zero-order valence-electron chi connectivity index (χ0n) is 10.1. The van der Waals surface area contributed by atoms with Crippen LogP contribution >= 0.6 is 27.5 Å². The van der Waals surface area contributed by atoms with E-state index in [0.717, 1.165) is 4.47 Å². The molecule has 0 heterocycles. The smallest absolute Gasteiger partial charge is 0.186 e. The van der Waals surface area contributed by atoms with Gasteiger partial charge in [0.2, 0.25) is 0 Å². The Bertz CT molecular complexity index is 711. The summed E-state index contributed by atoms with van der Waals surface area (Å²) in [6.07, 6.45) is 0. The van der Waals surface area contributed by atoms with Crippen molar-refractivity contribution in [1.29, 1.82) is 5.26 Å². The molecule has 0 N–H and O–H groups in total. The van der Waals surface area contributed by atoms with Crippen molar-refractivity contribution in [2.24, 2.45) is 0 Å². The maximum absolute atomic E-state index is 13.4. The van der Waals surface area contributed by atoms with Crippen molar-refractivity contribution in [3.05, 3.63) is 68.9 Å². The van der Waals surface area contributed by atoms with Crippen molar-refractivity contribution < 1.29 is 9.18 Å². The van der Waals surface area contributed by atoms with Crippen molar-refractivity contribution in [2.75, 3.05) is 0 Å². The van der Waals surface area contributed by atoms with Crippen LogP contribution in [0.25, 0.3) is 0 Å². The van der Waals surface area contributed by atoms with Gasteiger partial charge in [0.25, 0.3) is 0 Å². The normalized spacial score (nSPS) is 11.7. The predicted molar refractivity (Wildman–Crippen MR) is 78.2 cm³/mol. The first kappa shape index (κ1) is 14.7. The van der Waals surface area contributed by atoms with Crippen LogP contribution in [0.1, 0.15) is 21.8 Å². The fraction of sp³-hybridized carbons (Fsp3) is 0.0667. The van der Waals surface area contributed by atoms with Gasteiger partial charge in [-0.25, -0.2) is 4.39 Å². The Labute approximate surface area is 128 Å². The van der Waals surface area contributed by atoms with Crippen molar-refractivity contribution in [1.82, 2.24) is 0 Å². The van der Waals surface area contributed by atoms with Gasteiger partial charge < -0.3 is 0 Å². The van der Waals surface area contributed by atoms with Crippen LogP contribution in [0.2, 0.25) is 5.02 Å². The monoisotopic (exact) mass is 351 g/mol. The van der Waals surface area contributed by atoms with Crippen molar-refractivity contribution in [3.63, 3.8) is 0 Å². The SMILES string of the molecule is N#CC(C(=O)c1cccc(F)c1Cl)c1cccc(Br)c1. The van der Waals surface area contributed by atoms with Crippen LogP contribution in [-0.4, -0.2) is 5.78 Å². The first-order valence-corrected chi connectivity index (χ1v) is 6.85. The highest BCUT2D eigenvalue weighted by atomic mass is 79.9. The number of hydrogen-bond acceptors (Lipinski definition) is 2. The van der Waals surface area contributed by atoms with E-state index in [1.54, 1.807) is 24.3 Å². The molecule has 0 amide bonds. The molecule has 2 rings (SSSR count). The molecule has 1 atom stereocenters. The highest BCUT2D eigenvalue weighted by Crippen LogP contribution is 2.28. The molecule has 5 heteroatoms. The molecular weight excluding hydrogens is 345 g/mol. The Kier molecular flexibility index (Phi) is 4.53. The molecule has 0 bridgehead atoms. The van der Waals surface area contributed by atoms with Gasteiger partial charge in [-0.05, 0) is 29.8 Å². The molecule has 0 aliphatic carbocycles. The van der Waals surface area contributed by atoms with E-state index in [9.17, 15) is 14.4 Å². The van der Waals surface area contributed by atoms with Gasteiger partial charge in [-0.15, -0.1) is 0 Å². The lowest BCUT2D eigenvalue weighted by molar-refractivity contribution is 0.0978. The lowest BCUT2D eigenvalue weighted by Crippen LogP contribution is -2.12. The molecule has 2 nitrogen and oxygen atoms in total. The Balaban J connectivity index is 2.45. The van der Waals surface area contributed by atoms with E-state index in [1.165, 1.54) is 18.2 Å². The predicted octanol–water partition coefficient (Wildman–Crippen LogP) is 4.73. The third kappa shape index (κ3) is 2.90. The molecular formula is C15H8BrClFNO. The number of benzene rings is 2. The maximum atomic E-state index is 13.4. The topological polar surface area (TPSA) is 40.9 Å². The third-order valence-corrected chi connectivity index (χ3v) is 3.67. The van der Waals surface area contributed by atoms with Gasteiger partial charge in [-0.1, -0.05) is 45.7 Å². The highest BCUT2D eigenvalue weighted by Gasteiger charge is 2.24. The summed E-state index contributed by atoms with van der Waals surface area (Å²) in [6, 6.07) is 12.8. The zero-order chi connectivity index (χ0) is 14.7. The Morgan fingerprint density at radius 2 is 2.00 bits per heavy atom. The summed E-state index contributed by atoms with van der Waals surface area (Å²) < 4.78 is 14.2. The van der Waals surface area contributed by atoms with E-state index in [-0.39, 0.29) is 10.6 Å². The molecule has 0 aliphatic heterocycles. The molecule has 0 aromatic heterocycles. The third-order valence-electron chi connectivity index (χ3n) is 2.79. The second kappa shape index (κ2) is 6.17. The van der Waals surface area contributed by atoms with Crippen LogP contribution in [-0.2, 0) is 0 Å². The largest absolute Gasteiger partial charge is 0.292 e. The number of hydrogen-bond donors (Lipinski definition) is 0. The van der Waals surface area contributed by atoms with E-state index < -0.39 is 17.5 Å². The molecule has 0 saturated heterocycles. The van der Waals surface area contributed by atoms with Crippen LogP contribution in [0.5, 0.6) is 0 Å². The lowest BCUT2D eigenvalue weighted by atomic mass is 9.92. The van der Waals surface area contributed by atoms with Crippen molar-refractivity contribution in [3.8, 4) is 6.07 Å². The van der Waals surface area contributed by atoms with Gasteiger partial charge >= 0.3 is 0 Å². The molecule has 0 spiro atoms. The summed E-state index contributed by atoms with van der Waals surface area (Å²) in [7, 11) is 0. The van der Waals surface area contributed by atoms with Crippen molar-refractivity contribution >= 4 is 33.3 Å². The Morgan fingerprint density at radius 3 is 2.65 bits per heavy atom. The van der Waals surface area contributed by atoms with Gasteiger partial charge in [0, 0.05) is 10.0 Å². The first-order valence-electron chi connectivity index (χ1n) is 5.68. The standard InChI is InChI=1S/C15H8BrClFNO/c16-10-4-1-3-9(7-10)12(8-19)15(20)11-5-2-6-13(18)14(11)17/h1-7,12H. The molecule has 20 heavy (non-hydrogen) atoms. The molecule has 2 aromatic carbocycles. The number of rotatable bonds is 3. The van der Waals surface area contributed by atoms with Crippen LogP contribution in [0.15, 0.2) is 46.9 Å². The average Bonchev–Trinajstić information content (AvgIpc) is 2.42. The number of halogens is 3. The minimum absolute atomic E-state index is 0.0122. The van der Waals surface area contributed by atoms with Crippen LogP contribution < -0.4 is 0 Å². The first-order chi connectivity index (χ1) is 9.54. The number of nitriles is 1. The van der Waals surface area contributed by atoms with E-state index >= 15 is 0 Å². The van der Waals surface area contributed by atoms with Gasteiger partial charge in [0.05, 0.1) is 11.1 Å². The Morgan fingerprint density at radius 1 is 1.30 bits per heavy atom. The summed E-state index contributed by atoms with van der Waals surface area (Å²) in [6.45, 7) is 0. The Hall–Kier alpha value is -1.70. The average molecular weight is 353 g/mol. The number of carbonyl (C=O) groups is 1. The summed E-state index contributed by atoms with van der Waals surface area (Å²) in [4.78, 5) is 12.4. The summed E-state index contributed by atoms with van der Waals surface area (Å²) in [5.74, 6) is -2.22. The molecule has 0 radical (unpaired) electrons. The van der Waals surface area contributed by atoms with E-state index in [4.69, 9.17) is 11.6 Å². The molecule has 1 unspecified atom stereocenters. The van der Waals surface area contributed by atoms with Crippen LogP contribution in [0.3, 0.4) is 0 Å². The molecule has 0 aliphatic rings. The van der Waals surface area contributed by atoms with Gasteiger partial charge in [0.15, 0.2) is 5.78 Å². The minimum Gasteiger partial charge on any atom is -0.292 e. The molecule has 100 valence electrons. The number of nitrogens with zero attached hydrogens (tertiary/aromatic N) is 1. The van der Waals surface area contributed by atoms with Gasteiger partial charge in [-0.2, -0.15) is 5.26 Å². The fourth-order valence-corrected chi connectivity index (χ4v) is 2.46. The summed E-state index contributed by atoms with van der Waals surface area (Å²) in [5.41, 5.74) is 0.547. The summed E-state index contributed by atoms with van der Waals surface area (Å²) >= 11 is 9.08. The van der Waals surface area contributed by atoms with E-state index in [1.807, 2.05) is 6.07 Å². The number of ketones is 1. The molecule has 0 saturated carbocycles. The number of carbonyl (C=O) groups excluding carboxylic acids is 1.